The van der Waals surface area contributed by atoms with Crippen LogP contribution in [0, 0.1) is 5.92 Å². The molecule has 28 heavy (non-hydrogen) atoms. The summed E-state index contributed by atoms with van der Waals surface area (Å²) in [4.78, 5) is 26.7. The van der Waals surface area contributed by atoms with Crippen molar-refractivity contribution in [1.82, 2.24) is 0 Å². The molecule has 1 aliphatic heterocycles. The molecule has 0 aliphatic carbocycles. The van der Waals surface area contributed by atoms with Crippen LogP contribution in [0.2, 0.25) is 0 Å². The van der Waals surface area contributed by atoms with E-state index in [1.807, 2.05) is 52.0 Å². The standard InChI is InChI=1S/C22H33NO5/c1-7-26-19(24)16-10-9-13-23(15-16)17-11-8-12-18(14-17)27-22(5,6)20(25)28-21(2,3)4/h8,11-12,14,16H,7,9-10,13,15H2,1-6H3. The Morgan fingerprint density at radius 2 is 1.89 bits per heavy atom. The Hall–Kier alpha value is -2.24. The van der Waals surface area contributed by atoms with Crippen LogP contribution >= 0.6 is 0 Å². The van der Waals surface area contributed by atoms with Crippen LogP contribution in [0.3, 0.4) is 0 Å². The van der Waals surface area contributed by atoms with Crippen LogP contribution < -0.4 is 9.64 Å². The average molecular weight is 392 g/mol. The molecular formula is C22H33NO5. The second-order valence-electron chi connectivity index (χ2n) is 8.65. The molecule has 0 aromatic heterocycles. The largest absolute Gasteiger partial charge is 0.476 e. The minimum Gasteiger partial charge on any atom is -0.476 e. The van der Waals surface area contributed by atoms with E-state index < -0.39 is 17.2 Å². The molecule has 0 bridgehead atoms. The fraction of sp³-hybridized carbons (Fsp3) is 0.636. The van der Waals surface area contributed by atoms with Crippen LogP contribution in [0.4, 0.5) is 5.69 Å². The van der Waals surface area contributed by atoms with Gasteiger partial charge in [0, 0.05) is 24.8 Å². The summed E-state index contributed by atoms with van der Waals surface area (Å²) < 4.78 is 16.6. The van der Waals surface area contributed by atoms with E-state index in [1.165, 1.54) is 0 Å². The molecule has 1 aromatic carbocycles. The summed E-state index contributed by atoms with van der Waals surface area (Å²) in [5.41, 5.74) is -0.719. The van der Waals surface area contributed by atoms with Crippen molar-refractivity contribution in [2.75, 3.05) is 24.6 Å². The molecule has 6 heteroatoms. The van der Waals surface area contributed by atoms with Gasteiger partial charge in [-0.2, -0.15) is 0 Å². The third-order valence-corrected chi connectivity index (χ3v) is 4.49. The summed E-state index contributed by atoms with van der Waals surface area (Å²) in [5.74, 6) is -0.0699. The van der Waals surface area contributed by atoms with Crippen molar-refractivity contribution in [3.05, 3.63) is 24.3 Å². The smallest absolute Gasteiger partial charge is 0.350 e. The Morgan fingerprint density at radius 3 is 2.54 bits per heavy atom. The van der Waals surface area contributed by atoms with Crippen molar-refractivity contribution in [3.63, 3.8) is 0 Å². The minimum absolute atomic E-state index is 0.114. The van der Waals surface area contributed by atoms with Crippen LogP contribution in [-0.4, -0.2) is 42.8 Å². The highest BCUT2D eigenvalue weighted by Gasteiger charge is 2.35. The molecule has 0 spiro atoms. The van der Waals surface area contributed by atoms with E-state index in [0.29, 0.717) is 18.9 Å². The zero-order valence-corrected chi connectivity index (χ0v) is 17.9. The molecule has 0 amide bonds. The summed E-state index contributed by atoms with van der Waals surface area (Å²) in [6, 6.07) is 7.60. The van der Waals surface area contributed by atoms with Crippen molar-refractivity contribution in [2.24, 2.45) is 5.92 Å². The zero-order chi connectivity index (χ0) is 20.9. The normalized spacial score (nSPS) is 17.8. The van der Waals surface area contributed by atoms with Crippen LogP contribution in [0.5, 0.6) is 5.75 Å². The second kappa shape index (κ2) is 8.84. The topological polar surface area (TPSA) is 65.1 Å². The monoisotopic (exact) mass is 391 g/mol. The van der Waals surface area contributed by atoms with Crippen LogP contribution in [0.1, 0.15) is 54.4 Å². The van der Waals surface area contributed by atoms with E-state index in [1.54, 1.807) is 13.8 Å². The Labute approximate surface area is 168 Å². The number of carbonyl (C=O) groups is 2. The van der Waals surface area contributed by atoms with Crippen LogP contribution in [0.25, 0.3) is 0 Å². The van der Waals surface area contributed by atoms with Crippen molar-refractivity contribution in [2.45, 2.75) is 65.6 Å². The lowest BCUT2D eigenvalue weighted by Gasteiger charge is -2.34. The number of benzene rings is 1. The van der Waals surface area contributed by atoms with Gasteiger partial charge in [0.15, 0.2) is 5.60 Å². The first-order valence-corrected chi connectivity index (χ1v) is 9.96. The van der Waals surface area contributed by atoms with Gasteiger partial charge < -0.3 is 19.1 Å². The molecule has 1 fully saturated rings. The number of ether oxygens (including phenoxy) is 3. The average Bonchev–Trinajstić information content (AvgIpc) is 2.60. The van der Waals surface area contributed by atoms with Crippen molar-refractivity contribution in [3.8, 4) is 5.75 Å². The fourth-order valence-electron chi connectivity index (χ4n) is 3.15. The summed E-state index contributed by atoms with van der Waals surface area (Å²) in [7, 11) is 0. The quantitative estimate of drug-likeness (QED) is 0.684. The molecule has 0 N–H and O–H groups in total. The van der Waals surface area contributed by atoms with E-state index in [9.17, 15) is 9.59 Å². The van der Waals surface area contributed by atoms with E-state index in [2.05, 4.69) is 4.90 Å². The minimum atomic E-state index is -1.11. The molecule has 1 heterocycles. The van der Waals surface area contributed by atoms with E-state index in [-0.39, 0.29) is 11.9 Å². The number of esters is 2. The van der Waals surface area contributed by atoms with Gasteiger partial charge in [-0.05, 0) is 66.5 Å². The number of nitrogens with zero attached hydrogens (tertiary/aromatic N) is 1. The van der Waals surface area contributed by atoms with E-state index in [4.69, 9.17) is 14.2 Å². The highest BCUT2D eigenvalue weighted by atomic mass is 16.6. The number of anilines is 1. The molecule has 2 rings (SSSR count). The molecule has 6 nitrogen and oxygen atoms in total. The van der Waals surface area contributed by atoms with Gasteiger partial charge in [0.2, 0.25) is 0 Å². The molecule has 1 atom stereocenters. The first kappa shape index (κ1) is 22.1. The van der Waals surface area contributed by atoms with Gasteiger partial charge in [0.1, 0.15) is 11.4 Å². The number of piperidine rings is 1. The van der Waals surface area contributed by atoms with Crippen molar-refractivity contribution in [1.29, 1.82) is 0 Å². The molecular weight excluding hydrogens is 358 g/mol. The van der Waals surface area contributed by atoms with Gasteiger partial charge in [-0.15, -0.1) is 0 Å². The number of carbonyl (C=O) groups excluding carboxylic acids is 2. The molecule has 156 valence electrons. The third kappa shape index (κ3) is 6.14. The Bertz CT molecular complexity index is 692. The van der Waals surface area contributed by atoms with E-state index in [0.717, 1.165) is 25.1 Å². The third-order valence-electron chi connectivity index (χ3n) is 4.49. The van der Waals surface area contributed by atoms with Gasteiger partial charge in [-0.25, -0.2) is 4.79 Å². The lowest BCUT2D eigenvalue weighted by molar-refractivity contribution is -0.171. The molecule has 1 unspecified atom stereocenters. The molecule has 1 aliphatic rings. The number of hydrogen-bond donors (Lipinski definition) is 0. The lowest BCUT2D eigenvalue weighted by Crippen LogP contribution is -2.43. The van der Waals surface area contributed by atoms with Crippen LogP contribution in [0.15, 0.2) is 24.3 Å². The predicted octanol–water partition coefficient (Wildman–Crippen LogP) is 3.97. The maximum Gasteiger partial charge on any atom is 0.350 e. The molecule has 1 aromatic rings. The van der Waals surface area contributed by atoms with Gasteiger partial charge >= 0.3 is 11.9 Å². The van der Waals surface area contributed by atoms with Crippen LogP contribution in [-0.2, 0) is 19.1 Å². The first-order valence-electron chi connectivity index (χ1n) is 9.96. The maximum atomic E-state index is 12.4. The summed E-state index contributed by atoms with van der Waals surface area (Å²) in [5, 5.41) is 0. The first-order chi connectivity index (χ1) is 13.0. The van der Waals surface area contributed by atoms with Gasteiger partial charge in [-0.3, -0.25) is 4.79 Å². The summed E-state index contributed by atoms with van der Waals surface area (Å²) in [6.45, 7) is 12.6. The highest BCUT2D eigenvalue weighted by Crippen LogP contribution is 2.29. The maximum absolute atomic E-state index is 12.4. The van der Waals surface area contributed by atoms with E-state index >= 15 is 0 Å². The summed E-state index contributed by atoms with van der Waals surface area (Å²) in [6.07, 6.45) is 1.77. The predicted molar refractivity (Wildman–Crippen MR) is 109 cm³/mol. The number of hydrogen-bond acceptors (Lipinski definition) is 6. The number of rotatable bonds is 6. The van der Waals surface area contributed by atoms with Crippen molar-refractivity contribution >= 4 is 17.6 Å². The highest BCUT2D eigenvalue weighted by molar-refractivity contribution is 5.79. The fourth-order valence-corrected chi connectivity index (χ4v) is 3.15. The van der Waals surface area contributed by atoms with Gasteiger partial charge in [0.25, 0.3) is 0 Å². The molecule has 0 radical (unpaired) electrons. The summed E-state index contributed by atoms with van der Waals surface area (Å²) >= 11 is 0. The van der Waals surface area contributed by atoms with Gasteiger partial charge in [-0.1, -0.05) is 6.07 Å². The molecule has 1 saturated heterocycles. The molecule has 0 saturated carbocycles. The van der Waals surface area contributed by atoms with Gasteiger partial charge in [0.05, 0.1) is 12.5 Å². The Morgan fingerprint density at radius 1 is 1.18 bits per heavy atom. The Kier molecular flexibility index (Phi) is 6.96. The lowest BCUT2D eigenvalue weighted by atomic mass is 9.97. The van der Waals surface area contributed by atoms with Crippen molar-refractivity contribution < 1.29 is 23.8 Å². The zero-order valence-electron chi connectivity index (χ0n) is 17.9. The second-order valence-corrected chi connectivity index (χ2v) is 8.65. The Balaban J connectivity index is 2.09. The SMILES string of the molecule is CCOC(=O)C1CCCN(c2cccc(OC(C)(C)C(=O)OC(C)(C)C)c2)C1.